The molecule has 2 aromatic carbocycles. The number of unbranched alkanes of at least 4 members (excludes halogenated alkanes) is 2. The highest BCUT2D eigenvalue weighted by Crippen LogP contribution is 2.65. The molecule has 0 fully saturated rings. The molecule has 0 amide bonds. The zero-order valence-corrected chi connectivity index (χ0v) is 18.9. The van der Waals surface area contributed by atoms with Gasteiger partial charge in [0.15, 0.2) is 0 Å². The van der Waals surface area contributed by atoms with Crippen molar-refractivity contribution >= 4 is 5.57 Å². The highest BCUT2D eigenvalue weighted by atomic mass is 14.6. The maximum absolute atomic E-state index is 2.81. The Kier molecular flexibility index (Phi) is 4.48. The molecule has 0 saturated heterocycles. The van der Waals surface area contributed by atoms with Crippen LogP contribution in [-0.4, -0.2) is 0 Å². The molecule has 4 aliphatic rings. The molecule has 0 heterocycles. The summed E-state index contributed by atoms with van der Waals surface area (Å²) in [5.74, 6) is 0.623. The van der Waals surface area contributed by atoms with Crippen LogP contribution in [0.1, 0.15) is 116 Å². The molecule has 2 atom stereocenters. The van der Waals surface area contributed by atoms with Gasteiger partial charge >= 0.3 is 0 Å². The fourth-order valence-electron chi connectivity index (χ4n) is 7.43. The number of hydrogen-bond acceptors (Lipinski definition) is 0. The van der Waals surface area contributed by atoms with Crippen LogP contribution in [0.15, 0.2) is 30.3 Å². The normalized spacial score (nSPS) is 25.0. The molecule has 2 aromatic rings. The second-order valence-electron chi connectivity index (χ2n) is 10.4. The summed E-state index contributed by atoms with van der Waals surface area (Å²) >= 11 is 0. The number of fused-ring (bicyclic) bond motifs is 10. The summed E-state index contributed by atoms with van der Waals surface area (Å²) < 4.78 is 0. The maximum Gasteiger partial charge on any atom is 0.0250 e. The van der Waals surface area contributed by atoms with Gasteiger partial charge in [0, 0.05) is 11.3 Å². The van der Waals surface area contributed by atoms with E-state index in [0.29, 0.717) is 5.92 Å². The zero-order chi connectivity index (χ0) is 20.3. The van der Waals surface area contributed by atoms with Gasteiger partial charge in [-0.05, 0) is 108 Å². The molecule has 0 aliphatic heterocycles. The highest BCUT2D eigenvalue weighted by Gasteiger charge is 2.55. The minimum absolute atomic E-state index is 0.270. The fourth-order valence-corrected chi connectivity index (χ4v) is 7.43. The molecule has 0 radical (unpaired) electrons. The summed E-state index contributed by atoms with van der Waals surface area (Å²) in [7, 11) is 0. The minimum atomic E-state index is 0.270. The minimum Gasteiger partial charge on any atom is -0.0691 e. The van der Waals surface area contributed by atoms with Crippen LogP contribution in [-0.2, 0) is 31.1 Å². The van der Waals surface area contributed by atoms with Crippen molar-refractivity contribution in [2.45, 2.75) is 102 Å². The van der Waals surface area contributed by atoms with Gasteiger partial charge in [0.05, 0.1) is 0 Å². The quantitative estimate of drug-likeness (QED) is 0.467. The first-order valence-electron chi connectivity index (χ1n) is 12.8. The van der Waals surface area contributed by atoms with Crippen molar-refractivity contribution < 1.29 is 0 Å². The third-order valence-electron chi connectivity index (χ3n) is 8.75. The number of hydrogen-bond donors (Lipinski definition) is 0. The van der Waals surface area contributed by atoms with Crippen LogP contribution in [0, 0.1) is 0 Å². The Hall–Kier alpha value is -1.82. The third-order valence-corrected chi connectivity index (χ3v) is 8.75. The fraction of sp³-hybridized carbons (Fsp3) is 0.533. The van der Waals surface area contributed by atoms with E-state index in [9.17, 15) is 0 Å². The van der Waals surface area contributed by atoms with Gasteiger partial charge in [0.1, 0.15) is 0 Å². The van der Waals surface area contributed by atoms with Crippen LogP contribution in [0.5, 0.6) is 0 Å². The van der Waals surface area contributed by atoms with Gasteiger partial charge in [0.25, 0.3) is 0 Å². The summed E-state index contributed by atoms with van der Waals surface area (Å²) in [5, 5.41) is 0. The van der Waals surface area contributed by atoms with Gasteiger partial charge in [-0.15, -0.1) is 0 Å². The van der Waals surface area contributed by atoms with Crippen LogP contribution >= 0.6 is 0 Å². The van der Waals surface area contributed by atoms with Crippen molar-refractivity contribution in [1.82, 2.24) is 0 Å². The van der Waals surface area contributed by atoms with E-state index >= 15 is 0 Å². The molecule has 2 unspecified atom stereocenters. The standard InChI is InChI=1S/C30H36/c1-3-5-9-22-19-30(18-6-4-2)26-17-15-21-11-8-13-24(21)28(26)29(30)25-16-14-20-10-7-12-23(20)27(22)25/h14-17,19,29H,3-13,18H2,1-2H3. The lowest BCUT2D eigenvalue weighted by Gasteiger charge is -2.55. The Morgan fingerprint density at radius 2 is 1.57 bits per heavy atom. The van der Waals surface area contributed by atoms with Crippen LogP contribution in [0.2, 0.25) is 0 Å². The number of allylic oxidation sites excluding steroid dienone is 2. The molecule has 156 valence electrons. The van der Waals surface area contributed by atoms with E-state index in [1.807, 2.05) is 0 Å². The van der Waals surface area contributed by atoms with Gasteiger partial charge in [-0.3, -0.25) is 0 Å². The first-order valence-corrected chi connectivity index (χ1v) is 12.8. The number of rotatable bonds is 6. The maximum atomic E-state index is 2.81. The smallest absolute Gasteiger partial charge is 0.0250 e. The molecular weight excluding hydrogens is 360 g/mol. The first-order chi connectivity index (χ1) is 14.8. The molecular formula is C30H36. The van der Waals surface area contributed by atoms with Crippen molar-refractivity contribution in [3.05, 3.63) is 74.8 Å². The monoisotopic (exact) mass is 396 g/mol. The van der Waals surface area contributed by atoms with Crippen LogP contribution in [0.25, 0.3) is 5.57 Å². The van der Waals surface area contributed by atoms with E-state index in [2.05, 4.69) is 44.2 Å². The Balaban J connectivity index is 1.60. The van der Waals surface area contributed by atoms with E-state index in [1.54, 1.807) is 50.1 Å². The third kappa shape index (κ3) is 2.46. The molecule has 0 N–H and O–H groups in total. The van der Waals surface area contributed by atoms with Crippen molar-refractivity contribution in [1.29, 1.82) is 0 Å². The predicted octanol–water partition coefficient (Wildman–Crippen LogP) is 7.82. The van der Waals surface area contributed by atoms with Crippen molar-refractivity contribution in [3.63, 3.8) is 0 Å². The van der Waals surface area contributed by atoms with Crippen LogP contribution in [0.4, 0.5) is 0 Å². The average molecular weight is 397 g/mol. The molecule has 4 aliphatic carbocycles. The lowest BCUT2D eigenvalue weighted by Crippen LogP contribution is -2.46. The van der Waals surface area contributed by atoms with Gasteiger partial charge in [-0.2, -0.15) is 0 Å². The predicted molar refractivity (Wildman–Crippen MR) is 127 cm³/mol. The highest BCUT2D eigenvalue weighted by molar-refractivity contribution is 5.82. The van der Waals surface area contributed by atoms with Crippen LogP contribution in [0.3, 0.4) is 0 Å². The van der Waals surface area contributed by atoms with E-state index in [0.717, 1.165) is 0 Å². The molecule has 0 nitrogen and oxygen atoms in total. The van der Waals surface area contributed by atoms with E-state index in [-0.39, 0.29) is 5.41 Å². The number of benzene rings is 2. The Labute approximate surface area is 182 Å². The average Bonchev–Trinajstić information content (AvgIpc) is 3.42. The zero-order valence-electron chi connectivity index (χ0n) is 18.9. The molecule has 0 saturated carbocycles. The second kappa shape index (κ2) is 7.11. The lowest BCUT2D eigenvalue weighted by atomic mass is 9.48. The van der Waals surface area contributed by atoms with Crippen molar-refractivity contribution in [2.75, 3.05) is 0 Å². The summed E-state index contributed by atoms with van der Waals surface area (Å²) in [4.78, 5) is 0. The Morgan fingerprint density at radius 1 is 0.833 bits per heavy atom. The van der Waals surface area contributed by atoms with E-state index in [1.165, 1.54) is 77.0 Å². The van der Waals surface area contributed by atoms with Crippen molar-refractivity contribution in [3.8, 4) is 0 Å². The first kappa shape index (κ1) is 18.9. The molecule has 30 heavy (non-hydrogen) atoms. The van der Waals surface area contributed by atoms with E-state index < -0.39 is 0 Å². The SMILES string of the molecule is CCCCC1=CC2(CCCC)c3ccc4c(c3C2c2ccc3c(c21)CCC3)CCC4. The molecule has 0 bridgehead atoms. The summed E-state index contributed by atoms with van der Waals surface area (Å²) in [6.45, 7) is 4.70. The molecule has 0 heteroatoms. The summed E-state index contributed by atoms with van der Waals surface area (Å²) in [6, 6.07) is 10.1. The summed E-state index contributed by atoms with van der Waals surface area (Å²) in [6.07, 6.45) is 18.6. The molecule has 0 aromatic heterocycles. The lowest BCUT2D eigenvalue weighted by molar-refractivity contribution is 0.356. The van der Waals surface area contributed by atoms with Gasteiger partial charge in [0.2, 0.25) is 0 Å². The second-order valence-corrected chi connectivity index (χ2v) is 10.4. The van der Waals surface area contributed by atoms with Crippen molar-refractivity contribution in [2.24, 2.45) is 0 Å². The van der Waals surface area contributed by atoms with Gasteiger partial charge in [-0.1, -0.05) is 63.5 Å². The number of aryl methyl sites for hydroxylation is 2. The topological polar surface area (TPSA) is 0 Å². The molecule has 0 spiro atoms. The summed E-state index contributed by atoms with van der Waals surface area (Å²) in [5.41, 5.74) is 15.6. The van der Waals surface area contributed by atoms with E-state index in [4.69, 9.17) is 0 Å². The van der Waals surface area contributed by atoms with Gasteiger partial charge < -0.3 is 0 Å². The van der Waals surface area contributed by atoms with Gasteiger partial charge in [-0.25, -0.2) is 0 Å². The Bertz CT molecular complexity index is 1040. The largest absolute Gasteiger partial charge is 0.0691 e. The van der Waals surface area contributed by atoms with Crippen LogP contribution < -0.4 is 0 Å². The Morgan fingerprint density at radius 3 is 2.37 bits per heavy atom. The molecule has 6 rings (SSSR count).